The second kappa shape index (κ2) is 8.19. The van der Waals surface area contributed by atoms with Crippen LogP contribution in [0.3, 0.4) is 0 Å². The van der Waals surface area contributed by atoms with Crippen molar-refractivity contribution in [2.45, 2.75) is 32.4 Å². The van der Waals surface area contributed by atoms with Crippen LogP contribution < -0.4 is 5.32 Å². The molecule has 1 fully saturated rings. The molecule has 0 radical (unpaired) electrons. The van der Waals surface area contributed by atoms with Gasteiger partial charge >= 0.3 is 0 Å². The molecule has 0 aromatic heterocycles. The number of carbonyl (C=O) groups is 2. The van der Waals surface area contributed by atoms with E-state index in [1.807, 2.05) is 11.8 Å². The van der Waals surface area contributed by atoms with Crippen LogP contribution in [-0.4, -0.2) is 54.3 Å². The Labute approximate surface area is 140 Å². The van der Waals surface area contributed by atoms with Crippen LogP contribution in [0.2, 0.25) is 0 Å². The summed E-state index contributed by atoms with van der Waals surface area (Å²) in [7, 11) is 1.71. The molecule has 7 heteroatoms. The zero-order valence-electron chi connectivity index (χ0n) is 14.0. The maximum atomic E-state index is 13.4. The third-order valence-corrected chi connectivity index (χ3v) is 4.16. The predicted molar refractivity (Wildman–Crippen MR) is 86.1 cm³/mol. The van der Waals surface area contributed by atoms with Crippen molar-refractivity contribution in [2.75, 3.05) is 26.7 Å². The molecule has 132 valence electrons. The van der Waals surface area contributed by atoms with E-state index in [1.54, 1.807) is 11.9 Å². The van der Waals surface area contributed by atoms with Crippen LogP contribution in [-0.2, 0) is 16.1 Å². The minimum absolute atomic E-state index is 0.0754. The lowest BCUT2D eigenvalue weighted by molar-refractivity contribution is -0.138. The molecule has 0 saturated carbocycles. The van der Waals surface area contributed by atoms with Gasteiger partial charge in [-0.25, -0.2) is 8.78 Å². The van der Waals surface area contributed by atoms with E-state index in [1.165, 1.54) is 6.07 Å². The summed E-state index contributed by atoms with van der Waals surface area (Å²) < 4.78 is 26.4. The summed E-state index contributed by atoms with van der Waals surface area (Å²) in [5, 5.41) is 2.76. The Kier molecular flexibility index (Phi) is 6.25. The molecule has 0 spiro atoms. The molecular formula is C17H23F2N3O2. The number of nitrogens with one attached hydrogen (secondary N) is 1. The van der Waals surface area contributed by atoms with Crippen LogP contribution in [0.5, 0.6) is 0 Å². The van der Waals surface area contributed by atoms with Gasteiger partial charge in [0.05, 0.1) is 12.5 Å². The number of rotatable bonds is 6. The Hall–Kier alpha value is -2.02. The SMILES string of the molecule is CCCN(C)C(=O)C[C@H]1C(=O)NCCN1Cc1ccc(F)c(F)c1. The summed E-state index contributed by atoms with van der Waals surface area (Å²) in [6.07, 6.45) is 0.920. The fraction of sp³-hybridized carbons (Fsp3) is 0.529. The predicted octanol–water partition coefficient (Wildman–Crippen LogP) is 1.52. The van der Waals surface area contributed by atoms with Crippen molar-refractivity contribution >= 4 is 11.8 Å². The van der Waals surface area contributed by atoms with Crippen LogP contribution in [0.15, 0.2) is 18.2 Å². The number of nitrogens with zero attached hydrogens (tertiary/aromatic N) is 2. The van der Waals surface area contributed by atoms with Gasteiger partial charge in [-0.3, -0.25) is 14.5 Å². The zero-order valence-corrected chi connectivity index (χ0v) is 14.0. The zero-order chi connectivity index (χ0) is 17.7. The van der Waals surface area contributed by atoms with Gasteiger partial charge in [0.15, 0.2) is 11.6 Å². The number of hydrogen-bond donors (Lipinski definition) is 1. The highest BCUT2D eigenvalue weighted by atomic mass is 19.2. The van der Waals surface area contributed by atoms with Crippen molar-refractivity contribution in [3.8, 4) is 0 Å². The Morgan fingerprint density at radius 2 is 2.12 bits per heavy atom. The Morgan fingerprint density at radius 3 is 2.79 bits per heavy atom. The monoisotopic (exact) mass is 339 g/mol. The minimum atomic E-state index is -0.913. The minimum Gasteiger partial charge on any atom is -0.353 e. The van der Waals surface area contributed by atoms with E-state index in [0.717, 1.165) is 18.6 Å². The lowest BCUT2D eigenvalue weighted by Gasteiger charge is -2.35. The molecule has 1 aliphatic rings. The molecule has 1 N–H and O–H groups in total. The van der Waals surface area contributed by atoms with Crippen LogP contribution in [0.25, 0.3) is 0 Å². The summed E-state index contributed by atoms with van der Waals surface area (Å²) in [6, 6.07) is 3.10. The highest BCUT2D eigenvalue weighted by Gasteiger charge is 2.32. The van der Waals surface area contributed by atoms with Gasteiger partial charge in [0, 0.05) is 33.2 Å². The molecule has 1 saturated heterocycles. The molecule has 1 atom stereocenters. The smallest absolute Gasteiger partial charge is 0.237 e. The van der Waals surface area contributed by atoms with E-state index in [-0.39, 0.29) is 18.2 Å². The molecule has 1 aromatic rings. The standard InChI is InChI=1S/C17H23F2N3O2/c1-3-7-21(2)16(23)10-15-17(24)20-6-8-22(15)11-12-4-5-13(18)14(19)9-12/h4-5,9,15H,3,6-8,10-11H2,1-2H3,(H,20,24)/t15-/m0/s1. The van der Waals surface area contributed by atoms with E-state index in [2.05, 4.69) is 5.32 Å². The summed E-state index contributed by atoms with van der Waals surface area (Å²) in [6.45, 7) is 3.93. The molecule has 24 heavy (non-hydrogen) atoms. The summed E-state index contributed by atoms with van der Waals surface area (Å²) in [4.78, 5) is 27.9. The largest absolute Gasteiger partial charge is 0.353 e. The van der Waals surface area contributed by atoms with Gasteiger partial charge in [0.2, 0.25) is 11.8 Å². The third kappa shape index (κ3) is 4.50. The first-order chi connectivity index (χ1) is 11.4. The fourth-order valence-electron chi connectivity index (χ4n) is 2.83. The van der Waals surface area contributed by atoms with E-state index >= 15 is 0 Å². The van der Waals surface area contributed by atoms with Gasteiger partial charge in [-0.2, -0.15) is 0 Å². The van der Waals surface area contributed by atoms with Gasteiger partial charge in [0.1, 0.15) is 0 Å². The molecule has 1 heterocycles. The van der Waals surface area contributed by atoms with Crippen LogP contribution in [0.1, 0.15) is 25.3 Å². The Balaban J connectivity index is 2.09. The number of hydrogen-bond acceptors (Lipinski definition) is 3. The van der Waals surface area contributed by atoms with E-state index in [0.29, 0.717) is 31.7 Å². The first-order valence-corrected chi connectivity index (χ1v) is 8.12. The quantitative estimate of drug-likeness (QED) is 0.855. The lowest BCUT2D eigenvalue weighted by Crippen LogP contribution is -2.56. The number of piperazine rings is 1. The fourth-order valence-corrected chi connectivity index (χ4v) is 2.83. The lowest BCUT2D eigenvalue weighted by atomic mass is 10.1. The number of amides is 2. The molecule has 2 rings (SSSR count). The van der Waals surface area contributed by atoms with Crippen LogP contribution in [0.4, 0.5) is 8.78 Å². The van der Waals surface area contributed by atoms with Gasteiger partial charge < -0.3 is 10.2 Å². The molecule has 1 aliphatic heterocycles. The summed E-state index contributed by atoms with van der Waals surface area (Å²) >= 11 is 0. The first-order valence-electron chi connectivity index (χ1n) is 8.12. The number of halogens is 2. The summed E-state index contributed by atoms with van der Waals surface area (Å²) in [5.41, 5.74) is 0.572. The Bertz CT molecular complexity index is 609. The van der Waals surface area contributed by atoms with Gasteiger partial charge in [-0.15, -0.1) is 0 Å². The van der Waals surface area contributed by atoms with Crippen molar-refractivity contribution in [2.24, 2.45) is 0 Å². The molecule has 1 aromatic carbocycles. The molecule has 5 nitrogen and oxygen atoms in total. The van der Waals surface area contributed by atoms with Crippen molar-refractivity contribution in [1.82, 2.24) is 15.1 Å². The number of benzene rings is 1. The normalized spacial score (nSPS) is 18.3. The second-order valence-electron chi connectivity index (χ2n) is 6.05. The van der Waals surface area contributed by atoms with E-state index in [4.69, 9.17) is 0 Å². The first kappa shape index (κ1) is 18.3. The average molecular weight is 339 g/mol. The van der Waals surface area contributed by atoms with Crippen LogP contribution in [0, 0.1) is 11.6 Å². The summed E-state index contributed by atoms with van der Waals surface area (Å²) in [5.74, 6) is -2.12. The maximum Gasteiger partial charge on any atom is 0.237 e. The van der Waals surface area contributed by atoms with E-state index in [9.17, 15) is 18.4 Å². The Morgan fingerprint density at radius 1 is 1.38 bits per heavy atom. The van der Waals surface area contributed by atoms with Crippen molar-refractivity contribution < 1.29 is 18.4 Å². The highest BCUT2D eigenvalue weighted by molar-refractivity contribution is 5.88. The van der Waals surface area contributed by atoms with Crippen LogP contribution >= 0.6 is 0 Å². The van der Waals surface area contributed by atoms with Crippen molar-refractivity contribution in [3.63, 3.8) is 0 Å². The highest BCUT2D eigenvalue weighted by Crippen LogP contribution is 2.16. The molecule has 0 unspecified atom stereocenters. The molecular weight excluding hydrogens is 316 g/mol. The topological polar surface area (TPSA) is 52.7 Å². The van der Waals surface area contributed by atoms with Gasteiger partial charge in [0.25, 0.3) is 0 Å². The molecule has 0 aliphatic carbocycles. The van der Waals surface area contributed by atoms with Gasteiger partial charge in [-0.1, -0.05) is 13.0 Å². The third-order valence-electron chi connectivity index (χ3n) is 4.16. The van der Waals surface area contributed by atoms with Crippen molar-refractivity contribution in [1.29, 1.82) is 0 Å². The van der Waals surface area contributed by atoms with E-state index < -0.39 is 17.7 Å². The second-order valence-corrected chi connectivity index (χ2v) is 6.05. The molecule has 2 amide bonds. The average Bonchev–Trinajstić information content (AvgIpc) is 2.54. The maximum absolute atomic E-state index is 13.4. The van der Waals surface area contributed by atoms with Gasteiger partial charge in [-0.05, 0) is 24.1 Å². The number of carbonyl (C=O) groups excluding carboxylic acids is 2. The molecule has 0 bridgehead atoms. The van der Waals surface area contributed by atoms with Crippen molar-refractivity contribution in [3.05, 3.63) is 35.4 Å².